The van der Waals surface area contributed by atoms with E-state index in [1.807, 2.05) is 12.1 Å². The van der Waals surface area contributed by atoms with E-state index in [4.69, 9.17) is 28.9 Å². The first-order chi connectivity index (χ1) is 13.5. The maximum atomic E-state index is 6.34. The van der Waals surface area contributed by atoms with Gasteiger partial charge in [-0.15, -0.1) is 0 Å². The summed E-state index contributed by atoms with van der Waals surface area (Å²) in [5, 5.41) is 1.11. The number of piperazine rings is 1. The van der Waals surface area contributed by atoms with Gasteiger partial charge in [-0.05, 0) is 43.4 Å². The van der Waals surface area contributed by atoms with Crippen LogP contribution in [0.2, 0.25) is 10.0 Å². The third-order valence-corrected chi connectivity index (χ3v) is 5.53. The van der Waals surface area contributed by atoms with Gasteiger partial charge in [0, 0.05) is 48.0 Å². The van der Waals surface area contributed by atoms with Crippen molar-refractivity contribution in [3.8, 4) is 22.5 Å². The average molecular weight is 414 g/mol. The molecule has 2 heterocycles. The van der Waals surface area contributed by atoms with Crippen LogP contribution in [0.15, 0.2) is 48.5 Å². The fourth-order valence-electron chi connectivity index (χ4n) is 3.36. The highest BCUT2D eigenvalue weighted by Crippen LogP contribution is 2.32. The van der Waals surface area contributed by atoms with Crippen LogP contribution in [0.3, 0.4) is 0 Å². The molecule has 0 spiro atoms. The first kappa shape index (κ1) is 19.0. The minimum absolute atomic E-state index is 0.210. The second-order valence-electron chi connectivity index (χ2n) is 6.96. The molecular weight excluding hydrogens is 393 g/mol. The smallest absolute Gasteiger partial charge is 0.221 e. The van der Waals surface area contributed by atoms with Crippen molar-refractivity contribution in [1.29, 1.82) is 0 Å². The summed E-state index contributed by atoms with van der Waals surface area (Å²) in [4.78, 5) is 13.5. The number of likely N-dealkylation sites (N-methyl/N-ethyl adjacent to an activating group) is 1. The lowest BCUT2D eigenvalue weighted by molar-refractivity contribution is 0.313. The molecule has 2 aromatic carbocycles. The monoisotopic (exact) mass is 413 g/mol. The van der Waals surface area contributed by atoms with E-state index >= 15 is 0 Å². The van der Waals surface area contributed by atoms with Crippen LogP contribution < -0.4 is 10.6 Å². The molecular formula is C21H21Cl2N5. The van der Waals surface area contributed by atoms with Crippen molar-refractivity contribution in [1.82, 2.24) is 14.9 Å². The van der Waals surface area contributed by atoms with Crippen LogP contribution in [-0.2, 0) is 0 Å². The van der Waals surface area contributed by atoms with Gasteiger partial charge in [-0.2, -0.15) is 0 Å². The van der Waals surface area contributed by atoms with E-state index in [0.717, 1.165) is 43.0 Å². The van der Waals surface area contributed by atoms with E-state index < -0.39 is 0 Å². The summed E-state index contributed by atoms with van der Waals surface area (Å²) < 4.78 is 0. The van der Waals surface area contributed by atoms with Crippen LogP contribution >= 0.6 is 23.2 Å². The van der Waals surface area contributed by atoms with E-state index in [1.54, 1.807) is 12.1 Å². The first-order valence-corrected chi connectivity index (χ1v) is 9.89. The lowest BCUT2D eigenvalue weighted by Gasteiger charge is -2.34. The van der Waals surface area contributed by atoms with Crippen molar-refractivity contribution < 1.29 is 0 Å². The van der Waals surface area contributed by atoms with E-state index in [9.17, 15) is 0 Å². The van der Waals surface area contributed by atoms with E-state index in [1.165, 1.54) is 5.69 Å². The number of nitrogens with two attached hydrogens (primary N) is 1. The number of benzene rings is 2. The Kier molecular flexibility index (Phi) is 5.40. The summed E-state index contributed by atoms with van der Waals surface area (Å²) in [6, 6.07) is 15.6. The molecule has 0 radical (unpaired) electrons. The standard InChI is InChI=1S/C21H21Cl2N5/c1-27-8-10-28(11-9-27)16-5-2-14(3-6-16)19-13-20(26-21(24)25-19)17-7-4-15(22)12-18(17)23/h2-7,12-13H,8-11H2,1H3,(H2,24,25,26). The Morgan fingerprint density at radius 3 is 2.21 bits per heavy atom. The Balaban J connectivity index is 1.63. The molecule has 1 aromatic heterocycles. The average Bonchev–Trinajstić information content (AvgIpc) is 2.68. The predicted molar refractivity (Wildman–Crippen MR) is 117 cm³/mol. The van der Waals surface area contributed by atoms with Crippen LogP contribution in [-0.4, -0.2) is 48.1 Å². The molecule has 0 unspecified atom stereocenters. The quantitative estimate of drug-likeness (QED) is 0.686. The van der Waals surface area contributed by atoms with Crippen LogP contribution in [0.4, 0.5) is 11.6 Å². The highest BCUT2D eigenvalue weighted by Gasteiger charge is 2.15. The van der Waals surface area contributed by atoms with Crippen molar-refractivity contribution in [3.63, 3.8) is 0 Å². The van der Waals surface area contributed by atoms with Gasteiger partial charge in [-0.3, -0.25) is 0 Å². The van der Waals surface area contributed by atoms with Crippen molar-refractivity contribution >= 4 is 34.8 Å². The summed E-state index contributed by atoms with van der Waals surface area (Å²) in [6.07, 6.45) is 0. The van der Waals surface area contributed by atoms with Gasteiger partial charge in [0.25, 0.3) is 0 Å². The highest BCUT2D eigenvalue weighted by atomic mass is 35.5. The number of halogens is 2. The zero-order valence-corrected chi connectivity index (χ0v) is 17.1. The second-order valence-corrected chi connectivity index (χ2v) is 7.80. The molecule has 1 aliphatic heterocycles. The SMILES string of the molecule is CN1CCN(c2ccc(-c3cc(-c4ccc(Cl)cc4Cl)nc(N)n3)cc2)CC1. The van der Waals surface area contributed by atoms with Gasteiger partial charge >= 0.3 is 0 Å². The van der Waals surface area contributed by atoms with E-state index in [-0.39, 0.29) is 5.95 Å². The minimum atomic E-state index is 0.210. The number of anilines is 2. The first-order valence-electron chi connectivity index (χ1n) is 9.13. The van der Waals surface area contributed by atoms with Gasteiger partial charge in [0.05, 0.1) is 16.4 Å². The molecule has 0 amide bonds. The summed E-state index contributed by atoms with van der Waals surface area (Å²) >= 11 is 12.3. The fourth-order valence-corrected chi connectivity index (χ4v) is 3.86. The molecule has 0 saturated carbocycles. The molecule has 1 fully saturated rings. The lowest BCUT2D eigenvalue weighted by Crippen LogP contribution is -2.44. The molecule has 28 heavy (non-hydrogen) atoms. The normalized spacial score (nSPS) is 15.0. The van der Waals surface area contributed by atoms with Crippen LogP contribution in [0.5, 0.6) is 0 Å². The van der Waals surface area contributed by atoms with Gasteiger partial charge in [0.2, 0.25) is 5.95 Å². The molecule has 0 aliphatic carbocycles. The third kappa shape index (κ3) is 4.07. The molecule has 0 bridgehead atoms. The van der Waals surface area contributed by atoms with Crippen LogP contribution in [0.1, 0.15) is 0 Å². The van der Waals surface area contributed by atoms with Gasteiger partial charge in [-0.1, -0.05) is 35.3 Å². The van der Waals surface area contributed by atoms with Crippen molar-refractivity contribution in [2.45, 2.75) is 0 Å². The maximum absolute atomic E-state index is 6.34. The molecule has 1 aliphatic rings. The molecule has 0 atom stereocenters. The Morgan fingerprint density at radius 1 is 0.857 bits per heavy atom. The molecule has 7 heteroatoms. The van der Waals surface area contributed by atoms with Crippen molar-refractivity contribution in [3.05, 3.63) is 58.6 Å². The number of hydrogen-bond acceptors (Lipinski definition) is 5. The molecule has 4 rings (SSSR count). The van der Waals surface area contributed by atoms with Gasteiger partial charge in [-0.25, -0.2) is 9.97 Å². The van der Waals surface area contributed by atoms with Gasteiger partial charge < -0.3 is 15.5 Å². The number of hydrogen-bond donors (Lipinski definition) is 1. The molecule has 5 nitrogen and oxygen atoms in total. The summed E-state index contributed by atoms with van der Waals surface area (Å²) in [6.45, 7) is 4.23. The van der Waals surface area contributed by atoms with Crippen LogP contribution in [0.25, 0.3) is 22.5 Å². The maximum Gasteiger partial charge on any atom is 0.221 e. The fraction of sp³-hybridized carbons (Fsp3) is 0.238. The van der Waals surface area contributed by atoms with Crippen LogP contribution in [0, 0.1) is 0 Å². The molecule has 144 valence electrons. The Bertz CT molecular complexity index is 983. The number of nitrogen functional groups attached to an aromatic ring is 1. The Morgan fingerprint density at radius 2 is 1.54 bits per heavy atom. The summed E-state index contributed by atoms with van der Waals surface area (Å²) in [5.41, 5.74) is 10.4. The number of nitrogens with zero attached hydrogens (tertiary/aromatic N) is 4. The summed E-state index contributed by atoms with van der Waals surface area (Å²) in [7, 11) is 2.16. The van der Waals surface area contributed by atoms with Gasteiger partial charge in [0.1, 0.15) is 0 Å². The largest absolute Gasteiger partial charge is 0.369 e. The molecule has 2 N–H and O–H groups in total. The van der Waals surface area contributed by atoms with E-state index in [2.05, 4.69) is 51.1 Å². The zero-order valence-electron chi connectivity index (χ0n) is 15.6. The summed E-state index contributed by atoms with van der Waals surface area (Å²) in [5.74, 6) is 0.210. The van der Waals surface area contributed by atoms with Crippen molar-refractivity contribution in [2.75, 3.05) is 43.9 Å². The Labute approximate surface area is 174 Å². The minimum Gasteiger partial charge on any atom is -0.369 e. The Hall–Kier alpha value is -2.34. The highest BCUT2D eigenvalue weighted by molar-refractivity contribution is 6.36. The third-order valence-electron chi connectivity index (χ3n) is 4.98. The van der Waals surface area contributed by atoms with Crippen molar-refractivity contribution in [2.24, 2.45) is 0 Å². The predicted octanol–water partition coefficient (Wildman–Crippen LogP) is 4.45. The number of aromatic nitrogens is 2. The molecule has 3 aromatic rings. The molecule has 1 saturated heterocycles. The van der Waals surface area contributed by atoms with Gasteiger partial charge in [0.15, 0.2) is 0 Å². The topological polar surface area (TPSA) is 58.3 Å². The zero-order chi connectivity index (χ0) is 19.7. The second kappa shape index (κ2) is 7.95. The lowest BCUT2D eigenvalue weighted by atomic mass is 10.1. The number of rotatable bonds is 3. The van der Waals surface area contributed by atoms with E-state index in [0.29, 0.717) is 15.7 Å².